The van der Waals surface area contributed by atoms with Gasteiger partial charge >= 0.3 is 0 Å². The van der Waals surface area contributed by atoms with Crippen LogP contribution in [0.2, 0.25) is 0 Å². The number of hydrogen-bond donors (Lipinski definition) is 0. The van der Waals surface area contributed by atoms with E-state index in [1.165, 1.54) is 12.1 Å². The lowest BCUT2D eigenvalue weighted by atomic mass is 9.83. The number of nitro groups is 1. The summed E-state index contributed by atoms with van der Waals surface area (Å²) in [7, 11) is 0. The predicted octanol–water partition coefficient (Wildman–Crippen LogP) is 2.75. The number of fused-ring (bicyclic) bond motifs is 1. The van der Waals surface area contributed by atoms with Crippen molar-refractivity contribution in [1.29, 1.82) is 0 Å². The highest BCUT2D eigenvalue weighted by atomic mass is 16.6. The van der Waals surface area contributed by atoms with Crippen molar-refractivity contribution in [2.75, 3.05) is 13.2 Å². The Morgan fingerprint density at radius 1 is 1.26 bits per heavy atom. The second-order valence-corrected chi connectivity index (χ2v) is 4.65. The third-order valence-corrected chi connectivity index (χ3v) is 3.55. The number of hydrogen-bond acceptors (Lipinski definition) is 4. The molecule has 0 unspecified atom stereocenters. The number of ether oxygens (including phenoxy) is 2. The topological polar surface area (TPSA) is 61.6 Å². The van der Waals surface area contributed by atoms with E-state index < -0.39 is 0 Å². The molecule has 1 saturated heterocycles. The summed E-state index contributed by atoms with van der Waals surface area (Å²) in [6.07, 6.45) is 5.38. The average molecular weight is 259 g/mol. The van der Waals surface area contributed by atoms with E-state index in [4.69, 9.17) is 9.47 Å². The van der Waals surface area contributed by atoms with Gasteiger partial charge in [0.15, 0.2) is 0 Å². The Morgan fingerprint density at radius 2 is 2.05 bits per heavy atom. The number of non-ortho nitro benzene ring substituents is 1. The van der Waals surface area contributed by atoms with E-state index in [0.717, 1.165) is 11.1 Å². The molecule has 2 atom stereocenters. The summed E-state index contributed by atoms with van der Waals surface area (Å²) in [5, 5.41) is 10.7. The van der Waals surface area contributed by atoms with Gasteiger partial charge in [0, 0.05) is 24.0 Å². The Bertz CT molecular complexity index is 547. The summed E-state index contributed by atoms with van der Waals surface area (Å²) in [5.41, 5.74) is 2.28. The molecule has 0 saturated carbocycles. The Balaban J connectivity index is 1.91. The van der Waals surface area contributed by atoms with Gasteiger partial charge in [0.25, 0.3) is 5.69 Å². The third kappa shape index (κ3) is 2.24. The summed E-state index contributed by atoms with van der Waals surface area (Å²) in [4.78, 5) is 10.3. The molecule has 0 spiro atoms. The Hall–Kier alpha value is -2.14. The maximum absolute atomic E-state index is 10.7. The maximum Gasteiger partial charge on any atom is 0.269 e. The van der Waals surface area contributed by atoms with Crippen LogP contribution in [0.15, 0.2) is 48.4 Å². The molecule has 1 aromatic carbocycles. The minimum atomic E-state index is -0.389. The van der Waals surface area contributed by atoms with Crippen molar-refractivity contribution in [3.63, 3.8) is 0 Å². The van der Waals surface area contributed by atoms with Crippen molar-refractivity contribution in [3.05, 3.63) is 64.1 Å². The molecule has 19 heavy (non-hydrogen) atoms. The molecular weight excluding hydrogens is 246 g/mol. The minimum Gasteiger partial charge on any atom is -0.473 e. The van der Waals surface area contributed by atoms with Crippen LogP contribution >= 0.6 is 0 Å². The fourth-order valence-corrected chi connectivity index (χ4v) is 2.53. The van der Waals surface area contributed by atoms with E-state index in [-0.39, 0.29) is 22.4 Å². The summed E-state index contributed by atoms with van der Waals surface area (Å²) >= 11 is 0. The van der Waals surface area contributed by atoms with Gasteiger partial charge in [-0.15, -0.1) is 0 Å². The van der Waals surface area contributed by atoms with Crippen molar-refractivity contribution in [1.82, 2.24) is 0 Å². The fourth-order valence-electron chi connectivity index (χ4n) is 2.53. The van der Waals surface area contributed by atoms with E-state index in [1.807, 2.05) is 6.08 Å². The molecular formula is C14H13NO4. The number of benzene rings is 1. The van der Waals surface area contributed by atoms with Crippen LogP contribution < -0.4 is 0 Å². The van der Waals surface area contributed by atoms with Crippen LogP contribution in [0.25, 0.3) is 0 Å². The summed E-state index contributed by atoms with van der Waals surface area (Å²) in [6, 6.07) is 6.67. The molecule has 1 aromatic rings. The number of nitrogens with zero attached hydrogens (tertiary/aromatic N) is 1. The standard InChI is InChI=1S/C14H13NO4/c16-15(17)12-3-1-10(2-4-12)13-5-6-18-7-11-8-19-9-14(11)13/h1-7,13-14H,8-9H2/t13-,14+/m0/s1. The maximum atomic E-state index is 10.7. The smallest absolute Gasteiger partial charge is 0.269 e. The van der Waals surface area contributed by atoms with Gasteiger partial charge in [-0.3, -0.25) is 10.1 Å². The zero-order chi connectivity index (χ0) is 13.2. The predicted molar refractivity (Wildman–Crippen MR) is 68.5 cm³/mol. The summed E-state index contributed by atoms with van der Waals surface area (Å²) in [5.74, 6) is 0.386. The van der Waals surface area contributed by atoms with Crippen molar-refractivity contribution >= 4 is 5.69 Å². The molecule has 2 heterocycles. The monoisotopic (exact) mass is 259 g/mol. The second kappa shape index (κ2) is 4.85. The quantitative estimate of drug-likeness (QED) is 0.605. The van der Waals surface area contributed by atoms with Crippen LogP contribution in [-0.4, -0.2) is 18.1 Å². The van der Waals surface area contributed by atoms with Gasteiger partial charge in [-0.05, 0) is 17.2 Å². The molecule has 0 aliphatic carbocycles. The SMILES string of the molecule is O=[N+]([O-])c1ccc([C@@H]2C=COC=C3COC[C@H]32)cc1. The van der Waals surface area contributed by atoms with E-state index in [9.17, 15) is 10.1 Å². The Labute approximate surface area is 110 Å². The molecule has 0 amide bonds. The summed E-state index contributed by atoms with van der Waals surface area (Å²) < 4.78 is 10.8. The molecule has 0 aromatic heterocycles. The molecule has 0 bridgehead atoms. The zero-order valence-corrected chi connectivity index (χ0v) is 10.2. The van der Waals surface area contributed by atoms with Gasteiger partial charge in [-0.2, -0.15) is 0 Å². The van der Waals surface area contributed by atoms with Crippen LogP contribution in [-0.2, 0) is 9.47 Å². The second-order valence-electron chi connectivity index (χ2n) is 4.65. The highest BCUT2D eigenvalue weighted by molar-refractivity contribution is 5.38. The molecule has 98 valence electrons. The van der Waals surface area contributed by atoms with Gasteiger partial charge < -0.3 is 9.47 Å². The van der Waals surface area contributed by atoms with Crippen molar-refractivity contribution in [3.8, 4) is 0 Å². The van der Waals surface area contributed by atoms with Gasteiger partial charge in [0.2, 0.25) is 0 Å². The minimum absolute atomic E-state index is 0.107. The number of allylic oxidation sites excluding steroid dienone is 1. The first kappa shape index (κ1) is 11.9. The first-order valence-electron chi connectivity index (χ1n) is 6.09. The first-order chi connectivity index (χ1) is 9.25. The lowest BCUT2D eigenvalue weighted by Crippen LogP contribution is -2.12. The third-order valence-electron chi connectivity index (χ3n) is 3.55. The Morgan fingerprint density at radius 3 is 2.79 bits per heavy atom. The lowest BCUT2D eigenvalue weighted by molar-refractivity contribution is -0.384. The van der Waals surface area contributed by atoms with Gasteiger partial charge in [0.05, 0.1) is 30.7 Å². The van der Waals surface area contributed by atoms with Gasteiger partial charge in [-0.1, -0.05) is 12.1 Å². The van der Waals surface area contributed by atoms with Gasteiger partial charge in [0.1, 0.15) is 0 Å². The van der Waals surface area contributed by atoms with Crippen molar-refractivity contribution in [2.24, 2.45) is 5.92 Å². The van der Waals surface area contributed by atoms with Crippen LogP contribution in [0.5, 0.6) is 0 Å². The van der Waals surface area contributed by atoms with E-state index in [1.54, 1.807) is 24.7 Å². The molecule has 0 radical (unpaired) electrons. The average Bonchev–Trinajstić information content (AvgIpc) is 2.79. The van der Waals surface area contributed by atoms with Crippen LogP contribution in [0.4, 0.5) is 5.69 Å². The van der Waals surface area contributed by atoms with E-state index in [0.29, 0.717) is 13.2 Å². The van der Waals surface area contributed by atoms with Gasteiger partial charge in [-0.25, -0.2) is 0 Å². The molecule has 0 N–H and O–H groups in total. The van der Waals surface area contributed by atoms with Crippen LogP contribution in [0, 0.1) is 16.0 Å². The van der Waals surface area contributed by atoms with Crippen molar-refractivity contribution in [2.45, 2.75) is 5.92 Å². The molecule has 5 heteroatoms. The molecule has 3 rings (SSSR count). The molecule has 2 aliphatic heterocycles. The number of rotatable bonds is 2. The number of nitro benzene ring substituents is 1. The van der Waals surface area contributed by atoms with Crippen molar-refractivity contribution < 1.29 is 14.4 Å². The largest absolute Gasteiger partial charge is 0.473 e. The zero-order valence-electron chi connectivity index (χ0n) is 10.2. The van der Waals surface area contributed by atoms with E-state index >= 15 is 0 Å². The molecule has 2 aliphatic rings. The fraction of sp³-hybridized carbons (Fsp3) is 0.286. The Kier molecular flexibility index (Phi) is 3.05. The van der Waals surface area contributed by atoms with Crippen LogP contribution in [0.3, 0.4) is 0 Å². The highest BCUT2D eigenvalue weighted by Gasteiger charge is 2.31. The lowest BCUT2D eigenvalue weighted by Gasteiger charge is -2.18. The molecule has 5 nitrogen and oxygen atoms in total. The van der Waals surface area contributed by atoms with Crippen LogP contribution in [0.1, 0.15) is 11.5 Å². The summed E-state index contributed by atoms with van der Waals surface area (Å²) in [6.45, 7) is 1.25. The first-order valence-corrected chi connectivity index (χ1v) is 6.09. The molecule has 1 fully saturated rings. The highest BCUT2D eigenvalue weighted by Crippen LogP contribution is 2.37. The normalized spacial score (nSPS) is 25.2. The van der Waals surface area contributed by atoms with E-state index in [2.05, 4.69) is 0 Å².